The molecule has 1 aliphatic heterocycles. The second kappa shape index (κ2) is 5.88. The average Bonchev–Trinajstić information content (AvgIpc) is 2.80. The Bertz CT molecular complexity index is 672. The van der Waals surface area contributed by atoms with Crippen molar-refractivity contribution < 1.29 is 19.7 Å². The lowest BCUT2D eigenvalue weighted by Gasteiger charge is -2.24. The lowest BCUT2D eigenvalue weighted by Crippen LogP contribution is -2.25. The van der Waals surface area contributed by atoms with Gasteiger partial charge >= 0.3 is 5.97 Å². The van der Waals surface area contributed by atoms with E-state index in [0.717, 1.165) is 5.56 Å². The highest BCUT2D eigenvalue weighted by Crippen LogP contribution is 2.39. The zero-order valence-electron chi connectivity index (χ0n) is 12.1. The summed E-state index contributed by atoms with van der Waals surface area (Å²) in [5.74, 6) is -0.410. The van der Waals surface area contributed by atoms with Crippen LogP contribution in [-0.4, -0.2) is 28.2 Å². The summed E-state index contributed by atoms with van der Waals surface area (Å²) in [4.78, 5) is 13.1. The number of fused-ring (bicyclic) bond motifs is 1. The molecule has 0 amide bonds. The highest BCUT2D eigenvalue weighted by atomic mass is 16.5. The minimum atomic E-state index is -0.868. The fourth-order valence-corrected chi connectivity index (χ4v) is 2.77. The number of aliphatic hydroxyl groups is 2. The van der Waals surface area contributed by atoms with E-state index < -0.39 is 18.4 Å². The van der Waals surface area contributed by atoms with Crippen LogP contribution in [0.15, 0.2) is 48.5 Å². The maximum atomic E-state index is 11.6. The van der Waals surface area contributed by atoms with Crippen molar-refractivity contribution in [3.63, 3.8) is 0 Å². The predicted molar refractivity (Wildman–Crippen MR) is 79.7 cm³/mol. The Balaban J connectivity index is 1.84. The van der Waals surface area contributed by atoms with Crippen LogP contribution in [0.1, 0.15) is 39.5 Å². The van der Waals surface area contributed by atoms with Gasteiger partial charge in [0.05, 0.1) is 12.7 Å². The molecule has 2 N–H and O–H groups in total. The Hall–Kier alpha value is -2.21. The maximum Gasteiger partial charge on any atom is 0.337 e. The molecule has 5 heteroatoms. The van der Waals surface area contributed by atoms with Crippen molar-refractivity contribution in [3.8, 4) is 0 Å². The van der Waals surface area contributed by atoms with Crippen molar-refractivity contribution in [2.24, 2.45) is 0 Å². The molecule has 2 unspecified atom stereocenters. The van der Waals surface area contributed by atoms with E-state index in [-0.39, 0.29) is 0 Å². The SMILES string of the molecule is COC(=O)c1cccc(CN2C(O)c3ccccc3C2O)c1. The predicted octanol–water partition coefficient (Wildman–Crippen LogP) is 1.97. The molecule has 2 aromatic carbocycles. The van der Waals surface area contributed by atoms with Crippen molar-refractivity contribution in [2.45, 2.75) is 19.0 Å². The van der Waals surface area contributed by atoms with E-state index in [2.05, 4.69) is 0 Å². The molecule has 0 aromatic heterocycles. The standard InChI is InChI=1S/C17H17NO4/c1-22-17(21)12-6-4-5-11(9-12)10-18-15(19)13-7-2-3-8-14(13)16(18)20/h2-9,15-16,19-20H,10H2,1H3. The number of esters is 1. The molecule has 0 aliphatic carbocycles. The fourth-order valence-electron chi connectivity index (χ4n) is 2.77. The molecule has 2 aromatic rings. The van der Waals surface area contributed by atoms with Crippen molar-refractivity contribution in [1.82, 2.24) is 4.90 Å². The topological polar surface area (TPSA) is 70.0 Å². The number of carbonyl (C=O) groups is 1. The van der Waals surface area contributed by atoms with Crippen LogP contribution in [0.2, 0.25) is 0 Å². The van der Waals surface area contributed by atoms with Gasteiger partial charge < -0.3 is 14.9 Å². The second-order valence-corrected chi connectivity index (χ2v) is 5.24. The van der Waals surface area contributed by atoms with Crippen LogP contribution in [0, 0.1) is 0 Å². The number of hydrogen-bond donors (Lipinski definition) is 2. The molecule has 2 atom stereocenters. The normalized spacial score (nSPS) is 20.7. The minimum absolute atomic E-state index is 0.321. The first-order valence-electron chi connectivity index (χ1n) is 7.00. The van der Waals surface area contributed by atoms with Crippen molar-refractivity contribution in [2.75, 3.05) is 7.11 Å². The first-order valence-corrected chi connectivity index (χ1v) is 7.00. The van der Waals surface area contributed by atoms with Crippen LogP contribution in [0.25, 0.3) is 0 Å². The molecular formula is C17H17NO4. The minimum Gasteiger partial charge on any atom is -0.465 e. The third kappa shape index (κ3) is 2.50. The molecule has 3 rings (SSSR count). The molecule has 0 fully saturated rings. The molecule has 1 aliphatic rings. The van der Waals surface area contributed by atoms with E-state index in [4.69, 9.17) is 4.74 Å². The van der Waals surface area contributed by atoms with E-state index in [1.807, 2.05) is 18.2 Å². The number of nitrogens with zero attached hydrogens (tertiary/aromatic N) is 1. The summed E-state index contributed by atoms with van der Waals surface area (Å²) in [6, 6.07) is 14.2. The van der Waals surface area contributed by atoms with E-state index in [0.29, 0.717) is 23.2 Å². The molecule has 0 radical (unpaired) electrons. The second-order valence-electron chi connectivity index (χ2n) is 5.24. The molecule has 1 heterocycles. The average molecular weight is 299 g/mol. The van der Waals surface area contributed by atoms with Gasteiger partial charge in [0.1, 0.15) is 12.5 Å². The zero-order valence-corrected chi connectivity index (χ0v) is 12.1. The smallest absolute Gasteiger partial charge is 0.337 e. The lowest BCUT2D eigenvalue weighted by atomic mass is 10.1. The van der Waals surface area contributed by atoms with E-state index >= 15 is 0 Å². The fraction of sp³-hybridized carbons (Fsp3) is 0.235. The Morgan fingerprint density at radius 3 is 2.32 bits per heavy atom. The largest absolute Gasteiger partial charge is 0.465 e. The summed E-state index contributed by atoms with van der Waals surface area (Å²) in [6.07, 6.45) is -1.74. The van der Waals surface area contributed by atoms with Crippen LogP contribution >= 0.6 is 0 Å². The summed E-state index contributed by atoms with van der Waals surface area (Å²) in [7, 11) is 1.33. The van der Waals surface area contributed by atoms with Gasteiger partial charge in [0.2, 0.25) is 0 Å². The van der Waals surface area contributed by atoms with Gasteiger partial charge in [-0.1, -0.05) is 36.4 Å². The van der Waals surface area contributed by atoms with Gasteiger partial charge in [0, 0.05) is 17.7 Å². The number of benzene rings is 2. The van der Waals surface area contributed by atoms with Crippen LogP contribution < -0.4 is 0 Å². The van der Waals surface area contributed by atoms with Gasteiger partial charge in [0.25, 0.3) is 0 Å². The van der Waals surface area contributed by atoms with Crippen LogP contribution in [0.4, 0.5) is 0 Å². The molecule has 0 spiro atoms. The van der Waals surface area contributed by atoms with Crippen molar-refractivity contribution in [3.05, 3.63) is 70.8 Å². The number of methoxy groups -OCH3 is 1. The monoisotopic (exact) mass is 299 g/mol. The first kappa shape index (κ1) is 14.7. The van der Waals surface area contributed by atoms with Crippen LogP contribution in [0.3, 0.4) is 0 Å². The van der Waals surface area contributed by atoms with E-state index in [1.54, 1.807) is 35.2 Å². The number of ether oxygens (including phenoxy) is 1. The van der Waals surface area contributed by atoms with Gasteiger partial charge in [0.15, 0.2) is 0 Å². The van der Waals surface area contributed by atoms with Crippen molar-refractivity contribution in [1.29, 1.82) is 0 Å². The summed E-state index contributed by atoms with van der Waals surface area (Å²) in [5, 5.41) is 20.7. The molecule has 22 heavy (non-hydrogen) atoms. The van der Waals surface area contributed by atoms with E-state index in [1.165, 1.54) is 7.11 Å². The molecule has 114 valence electrons. The molecule has 0 saturated carbocycles. The number of hydrogen-bond acceptors (Lipinski definition) is 5. The van der Waals surface area contributed by atoms with Crippen LogP contribution in [-0.2, 0) is 11.3 Å². The molecule has 0 saturated heterocycles. The summed E-state index contributed by atoms with van der Waals surface area (Å²) in [6.45, 7) is 0.321. The highest BCUT2D eigenvalue weighted by Gasteiger charge is 2.35. The number of aliphatic hydroxyl groups excluding tert-OH is 2. The molecule has 5 nitrogen and oxygen atoms in total. The number of rotatable bonds is 3. The zero-order chi connectivity index (χ0) is 15.7. The first-order chi connectivity index (χ1) is 10.6. The Kier molecular flexibility index (Phi) is 3.94. The van der Waals surface area contributed by atoms with Gasteiger partial charge in [-0.25, -0.2) is 9.69 Å². The summed E-state index contributed by atoms with van der Waals surface area (Å²) < 4.78 is 4.70. The summed E-state index contributed by atoms with van der Waals surface area (Å²) in [5.41, 5.74) is 2.67. The van der Waals surface area contributed by atoms with Gasteiger partial charge in [-0.3, -0.25) is 0 Å². The molecule has 0 bridgehead atoms. The van der Waals surface area contributed by atoms with Crippen molar-refractivity contribution >= 4 is 5.97 Å². The Morgan fingerprint density at radius 2 is 1.73 bits per heavy atom. The third-order valence-corrected chi connectivity index (χ3v) is 3.89. The number of carbonyl (C=O) groups excluding carboxylic acids is 1. The maximum absolute atomic E-state index is 11.6. The van der Waals surface area contributed by atoms with E-state index in [9.17, 15) is 15.0 Å². The highest BCUT2D eigenvalue weighted by molar-refractivity contribution is 5.89. The third-order valence-electron chi connectivity index (χ3n) is 3.89. The van der Waals surface area contributed by atoms with Gasteiger partial charge in [-0.05, 0) is 17.7 Å². The van der Waals surface area contributed by atoms with Gasteiger partial charge in [-0.15, -0.1) is 0 Å². The summed E-state index contributed by atoms with van der Waals surface area (Å²) >= 11 is 0. The lowest BCUT2D eigenvalue weighted by molar-refractivity contribution is -0.0902. The molecular weight excluding hydrogens is 282 g/mol. The Morgan fingerprint density at radius 1 is 1.09 bits per heavy atom. The van der Waals surface area contributed by atoms with Gasteiger partial charge in [-0.2, -0.15) is 0 Å². The quantitative estimate of drug-likeness (QED) is 0.848. The van der Waals surface area contributed by atoms with Crippen LogP contribution in [0.5, 0.6) is 0 Å². The Labute approximate surface area is 128 Å².